The molecule has 1 spiro atoms. The Morgan fingerprint density at radius 3 is 2.38 bits per heavy atom. The highest BCUT2D eigenvalue weighted by molar-refractivity contribution is 6.34. The van der Waals surface area contributed by atoms with Crippen LogP contribution < -0.4 is 14.5 Å². The van der Waals surface area contributed by atoms with Gasteiger partial charge in [0.25, 0.3) is 5.91 Å². The minimum Gasteiger partial charge on any atom is -0.494 e. The molecule has 2 unspecified atom stereocenters. The van der Waals surface area contributed by atoms with Crippen LogP contribution in [0.25, 0.3) is 0 Å². The number of anilines is 2. The van der Waals surface area contributed by atoms with Gasteiger partial charge in [0.05, 0.1) is 34.8 Å². The van der Waals surface area contributed by atoms with Crippen LogP contribution in [0, 0.1) is 18.8 Å². The number of ether oxygens (including phenoxy) is 2. The van der Waals surface area contributed by atoms with Gasteiger partial charge in [-0.15, -0.1) is 13.2 Å². The molecule has 252 valence electrons. The van der Waals surface area contributed by atoms with Gasteiger partial charge in [-0.1, -0.05) is 42.8 Å². The van der Waals surface area contributed by atoms with Crippen LogP contribution in [0.1, 0.15) is 51.5 Å². The molecule has 3 aliphatic rings. The predicted octanol–water partition coefficient (Wildman–Crippen LogP) is 5.71. The lowest BCUT2D eigenvalue weighted by Gasteiger charge is -2.37. The first kappa shape index (κ1) is 34.7. The van der Waals surface area contributed by atoms with Crippen molar-refractivity contribution in [3.63, 3.8) is 0 Å². The average Bonchev–Trinajstić information content (AvgIpc) is 3.67. The minimum atomic E-state index is -1.21. The molecule has 0 saturated carbocycles. The third-order valence-electron chi connectivity index (χ3n) is 10.1. The highest BCUT2D eigenvalue weighted by Gasteiger charge is 2.79. The third kappa shape index (κ3) is 5.87. The van der Waals surface area contributed by atoms with Crippen molar-refractivity contribution in [3.05, 3.63) is 78.4 Å². The number of rotatable bonds is 15. The third-order valence-corrected chi connectivity index (χ3v) is 10.4. The molecule has 0 radical (unpaired) electrons. The summed E-state index contributed by atoms with van der Waals surface area (Å²) in [5.41, 5.74) is -0.105. The molecular formula is C37H46ClN3O6. The molecule has 3 saturated heterocycles. The second-order valence-corrected chi connectivity index (χ2v) is 13.0. The van der Waals surface area contributed by atoms with Crippen molar-refractivity contribution < 1.29 is 29.0 Å². The Hall–Kier alpha value is -3.66. The van der Waals surface area contributed by atoms with Crippen molar-refractivity contribution in [2.75, 3.05) is 42.6 Å². The zero-order chi connectivity index (χ0) is 33.9. The van der Waals surface area contributed by atoms with E-state index in [1.165, 1.54) is 0 Å². The van der Waals surface area contributed by atoms with Crippen molar-refractivity contribution in [1.82, 2.24) is 4.90 Å². The Morgan fingerprint density at radius 2 is 1.77 bits per heavy atom. The Labute approximate surface area is 282 Å². The molecule has 0 aliphatic carbocycles. The van der Waals surface area contributed by atoms with Crippen LogP contribution in [-0.4, -0.2) is 77.8 Å². The van der Waals surface area contributed by atoms with Crippen molar-refractivity contribution in [2.45, 2.75) is 70.1 Å². The van der Waals surface area contributed by atoms with Crippen molar-refractivity contribution >= 4 is 40.7 Å². The number of aliphatic hydroxyl groups excluding tert-OH is 1. The Balaban J connectivity index is 1.60. The number of aliphatic hydroxyl groups is 1. The predicted molar refractivity (Wildman–Crippen MR) is 184 cm³/mol. The smallest absolute Gasteiger partial charge is 0.253 e. The van der Waals surface area contributed by atoms with Crippen LogP contribution in [0.2, 0.25) is 5.02 Å². The van der Waals surface area contributed by atoms with Crippen LogP contribution in [0.4, 0.5) is 11.4 Å². The summed E-state index contributed by atoms with van der Waals surface area (Å²) in [6.07, 6.45) is 5.77. The van der Waals surface area contributed by atoms with Gasteiger partial charge in [-0.05, 0) is 81.8 Å². The van der Waals surface area contributed by atoms with Gasteiger partial charge < -0.3 is 29.3 Å². The number of carbonyl (C=O) groups is 3. The number of fused-ring (bicyclic) bond motifs is 1. The number of unbranched alkanes of at least 4 members (excludes halogenated alkanes) is 1. The molecule has 47 heavy (non-hydrogen) atoms. The van der Waals surface area contributed by atoms with Crippen LogP contribution in [0.3, 0.4) is 0 Å². The van der Waals surface area contributed by atoms with Gasteiger partial charge in [0, 0.05) is 31.9 Å². The maximum atomic E-state index is 14.9. The number of hydrogen-bond donors (Lipinski definition) is 1. The van der Waals surface area contributed by atoms with E-state index in [-0.39, 0.29) is 44.0 Å². The number of aryl methyl sites for hydroxylation is 1. The number of hydrogen-bond acceptors (Lipinski definition) is 6. The Morgan fingerprint density at radius 1 is 1.06 bits per heavy atom. The van der Waals surface area contributed by atoms with E-state index in [1.54, 1.807) is 32.9 Å². The molecule has 3 heterocycles. The summed E-state index contributed by atoms with van der Waals surface area (Å²) in [6, 6.07) is 11.8. The van der Waals surface area contributed by atoms with Gasteiger partial charge in [0.1, 0.15) is 17.4 Å². The van der Waals surface area contributed by atoms with E-state index in [2.05, 4.69) is 13.2 Å². The Kier molecular flexibility index (Phi) is 10.5. The van der Waals surface area contributed by atoms with E-state index in [1.807, 2.05) is 57.2 Å². The number of para-hydroxylation sites is 1. The molecule has 2 aromatic rings. The number of halogens is 1. The van der Waals surface area contributed by atoms with E-state index in [4.69, 9.17) is 21.1 Å². The summed E-state index contributed by atoms with van der Waals surface area (Å²) in [6.45, 7) is 14.7. The number of amides is 3. The monoisotopic (exact) mass is 663 g/mol. The second kappa shape index (κ2) is 14.2. The molecule has 3 aliphatic heterocycles. The summed E-state index contributed by atoms with van der Waals surface area (Å²) in [5, 5.41) is 9.98. The Bertz CT molecular complexity index is 1490. The minimum absolute atomic E-state index is 0.0359. The quantitative estimate of drug-likeness (QED) is 0.194. The fourth-order valence-corrected chi connectivity index (χ4v) is 8.37. The molecule has 2 aromatic carbocycles. The van der Waals surface area contributed by atoms with Crippen molar-refractivity contribution in [2.24, 2.45) is 11.8 Å². The molecule has 5 rings (SSSR count). The first-order valence-electron chi connectivity index (χ1n) is 16.6. The first-order chi connectivity index (χ1) is 22.6. The van der Waals surface area contributed by atoms with Crippen LogP contribution in [-0.2, 0) is 19.1 Å². The van der Waals surface area contributed by atoms with Gasteiger partial charge in [0.2, 0.25) is 11.8 Å². The van der Waals surface area contributed by atoms with Gasteiger partial charge in [0.15, 0.2) is 0 Å². The molecule has 9 nitrogen and oxygen atoms in total. The number of carbonyl (C=O) groups excluding carboxylic acids is 3. The summed E-state index contributed by atoms with van der Waals surface area (Å²) < 4.78 is 12.6. The fourth-order valence-electron chi connectivity index (χ4n) is 8.05. The van der Waals surface area contributed by atoms with Crippen molar-refractivity contribution in [1.29, 1.82) is 0 Å². The number of benzene rings is 2. The van der Waals surface area contributed by atoms with Gasteiger partial charge in [-0.3, -0.25) is 14.4 Å². The standard InChI is InChI=1S/C37H46ClN3O6/c1-6-21-39(26-15-17-27(18-16-26)46-9-4)33(43)29-30-34(44)41(23-10-11-24-42)32(37(30)20-19-36(29,8-3)47-37)35(45)40(22-7-2)31-25(5)13-12-14-28(31)38/h6-7,12-18,29-30,32,42H,1-2,8-11,19-24H2,3-5H3/t29-,30-,32?,36+,37?/m0/s1. The molecule has 1 N–H and O–H groups in total. The zero-order valence-electron chi connectivity index (χ0n) is 27.6. The molecule has 0 aromatic heterocycles. The molecule has 10 heteroatoms. The molecule has 5 atom stereocenters. The van der Waals surface area contributed by atoms with E-state index in [0.717, 1.165) is 5.56 Å². The second-order valence-electron chi connectivity index (χ2n) is 12.6. The topological polar surface area (TPSA) is 99.6 Å². The van der Waals surface area contributed by atoms with Crippen molar-refractivity contribution in [3.8, 4) is 5.75 Å². The number of likely N-dealkylation sites (tertiary alicyclic amines) is 1. The lowest BCUT2D eigenvalue weighted by atomic mass is 9.64. The number of nitrogens with zero attached hydrogens (tertiary/aromatic N) is 3. The zero-order valence-corrected chi connectivity index (χ0v) is 28.4. The van der Waals surface area contributed by atoms with Gasteiger partial charge in [-0.2, -0.15) is 0 Å². The van der Waals surface area contributed by atoms with E-state index >= 15 is 0 Å². The van der Waals surface area contributed by atoms with Crippen LogP contribution >= 0.6 is 11.6 Å². The normalized spacial score (nSPS) is 25.9. The maximum Gasteiger partial charge on any atom is 0.253 e. The first-order valence-corrected chi connectivity index (χ1v) is 17.0. The SMILES string of the molecule is C=CCN(C(=O)[C@@H]1[C@H]2C(=O)N(CCCCO)C(C(=O)N(CC=C)c3c(C)cccc3Cl)C23CC[C@@]1(CC)O3)c1ccc(OCC)cc1. The lowest BCUT2D eigenvalue weighted by molar-refractivity contribution is -0.146. The van der Waals surface area contributed by atoms with Gasteiger partial charge >= 0.3 is 0 Å². The summed E-state index contributed by atoms with van der Waals surface area (Å²) >= 11 is 6.69. The van der Waals surface area contributed by atoms with Crippen LogP contribution in [0.5, 0.6) is 5.75 Å². The molecule has 3 fully saturated rings. The van der Waals surface area contributed by atoms with Crippen LogP contribution in [0.15, 0.2) is 67.8 Å². The van der Waals surface area contributed by atoms with E-state index in [9.17, 15) is 19.5 Å². The summed E-state index contributed by atoms with van der Waals surface area (Å²) in [4.78, 5) is 49.3. The average molecular weight is 664 g/mol. The van der Waals surface area contributed by atoms with E-state index < -0.39 is 29.1 Å². The molecule has 2 bridgehead atoms. The molecule has 3 amide bonds. The fraction of sp³-hybridized carbons (Fsp3) is 0.486. The highest BCUT2D eigenvalue weighted by Crippen LogP contribution is 2.65. The highest BCUT2D eigenvalue weighted by atomic mass is 35.5. The maximum absolute atomic E-state index is 14.9. The summed E-state index contributed by atoms with van der Waals surface area (Å²) in [7, 11) is 0. The van der Waals surface area contributed by atoms with E-state index in [0.29, 0.717) is 60.9 Å². The summed E-state index contributed by atoms with van der Waals surface area (Å²) in [5.74, 6) is -1.81. The lowest BCUT2D eigenvalue weighted by Crippen LogP contribution is -2.57. The van der Waals surface area contributed by atoms with Gasteiger partial charge in [-0.25, -0.2) is 0 Å². The largest absolute Gasteiger partial charge is 0.494 e. The molecular weight excluding hydrogens is 618 g/mol.